The molecular formula is C25H23FN6O4S. The van der Waals surface area contributed by atoms with Gasteiger partial charge >= 0.3 is 0 Å². The largest absolute Gasteiger partial charge is 0.480 e. The molecule has 0 aliphatic carbocycles. The molecule has 1 aromatic carbocycles. The van der Waals surface area contributed by atoms with Crippen molar-refractivity contribution < 1.29 is 22.7 Å². The lowest BCUT2D eigenvalue weighted by atomic mass is 9.96. The van der Waals surface area contributed by atoms with Crippen LogP contribution in [0.1, 0.15) is 12.1 Å². The summed E-state index contributed by atoms with van der Waals surface area (Å²) < 4.78 is 48.2. The van der Waals surface area contributed by atoms with Gasteiger partial charge in [-0.05, 0) is 61.4 Å². The maximum Gasteiger partial charge on any atom is 0.262 e. The number of β-amino-alcohol motifs (C(OH)–C–C–N with tert-alkyl or cyclic N) is 1. The van der Waals surface area contributed by atoms with Crippen molar-refractivity contribution in [3.8, 4) is 29.0 Å². The van der Waals surface area contributed by atoms with Gasteiger partial charge in [-0.15, -0.1) is 0 Å². The number of aliphatic hydroxyl groups is 1. The molecular weight excluding hydrogens is 499 g/mol. The van der Waals surface area contributed by atoms with E-state index in [0.717, 1.165) is 25.1 Å². The van der Waals surface area contributed by atoms with Crippen molar-refractivity contribution in [2.75, 3.05) is 24.9 Å². The minimum Gasteiger partial charge on any atom is -0.480 e. The Morgan fingerprint density at radius 3 is 2.76 bits per heavy atom. The Bertz CT molecular complexity index is 1610. The van der Waals surface area contributed by atoms with Crippen LogP contribution in [0.3, 0.4) is 0 Å². The monoisotopic (exact) mass is 522 g/mol. The van der Waals surface area contributed by atoms with Gasteiger partial charge in [-0.25, -0.2) is 27.3 Å². The average molecular weight is 523 g/mol. The molecule has 0 radical (unpaired) electrons. The van der Waals surface area contributed by atoms with Gasteiger partial charge in [-0.2, -0.15) is 5.10 Å². The smallest absolute Gasteiger partial charge is 0.262 e. The number of ether oxygens (including phenoxy) is 1. The quantitative estimate of drug-likeness (QED) is 0.340. The second-order valence-electron chi connectivity index (χ2n) is 8.41. The molecule has 5 rings (SSSR count). The summed E-state index contributed by atoms with van der Waals surface area (Å²) in [5, 5.41) is 17.9. The number of rotatable bonds is 5. The number of benzene rings is 1. The minimum atomic E-state index is -4.03. The number of methoxy groups -OCH3 is 1. The molecule has 0 bridgehead atoms. The van der Waals surface area contributed by atoms with Gasteiger partial charge in [-0.3, -0.25) is 4.72 Å². The van der Waals surface area contributed by atoms with E-state index in [9.17, 15) is 17.9 Å². The summed E-state index contributed by atoms with van der Waals surface area (Å²) in [5.74, 6) is 5.57. The van der Waals surface area contributed by atoms with E-state index < -0.39 is 21.9 Å². The Morgan fingerprint density at radius 2 is 2.00 bits per heavy atom. The maximum absolute atomic E-state index is 13.3. The number of halogens is 1. The van der Waals surface area contributed by atoms with Crippen molar-refractivity contribution in [3.05, 3.63) is 66.4 Å². The van der Waals surface area contributed by atoms with E-state index in [1.807, 2.05) is 0 Å². The topological polar surface area (TPSA) is 131 Å². The summed E-state index contributed by atoms with van der Waals surface area (Å²) in [4.78, 5) is 8.45. The molecule has 12 heteroatoms. The summed E-state index contributed by atoms with van der Waals surface area (Å²) >= 11 is 0. The van der Waals surface area contributed by atoms with Gasteiger partial charge in [0.25, 0.3) is 10.0 Å². The van der Waals surface area contributed by atoms with Gasteiger partial charge in [0, 0.05) is 24.2 Å². The lowest BCUT2D eigenvalue weighted by Gasteiger charge is -2.23. The number of aromatic nitrogens is 4. The van der Waals surface area contributed by atoms with Crippen molar-refractivity contribution in [3.63, 3.8) is 0 Å². The fraction of sp³-hybridized carbons (Fsp3) is 0.240. The van der Waals surface area contributed by atoms with Crippen molar-refractivity contribution in [2.24, 2.45) is 5.92 Å². The van der Waals surface area contributed by atoms with Crippen LogP contribution in [0.4, 0.5) is 10.1 Å². The Balaban J connectivity index is 1.48. The number of nitrogens with zero attached hydrogens (tertiary/aromatic N) is 4. The van der Waals surface area contributed by atoms with Crippen LogP contribution < -0.4 is 14.8 Å². The molecule has 3 aromatic heterocycles. The summed E-state index contributed by atoms with van der Waals surface area (Å²) in [6, 6.07) is 9.52. The van der Waals surface area contributed by atoms with Crippen LogP contribution in [0, 0.1) is 23.6 Å². The summed E-state index contributed by atoms with van der Waals surface area (Å²) in [6.45, 7) is 1.30. The van der Waals surface area contributed by atoms with Crippen molar-refractivity contribution >= 4 is 21.4 Å². The molecule has 0 saturated carbocycles. The minimum absolute atomic E-state index is 0.0604. The number of anilines is 1. The number of fused-ring (bicyclic) bond motifs is 1. The average Bonchev–Trinajstić information content (AvgIpc) is 3.30. The molecule has 3 N–H and O–H groups in total. The summed E-state index contributed by atoms with van der Waals surface area (Å²) in [7, 11) is -2.66. The van der Waals surface area contributed by atoms with Crippen LogP contribution in [-0.4, -0.2) is 59.4 Å². The fourth-order valence-corrected chi connectivity index (χ4v) is 4.98. The van der Waals surface area contributed by atoms with E-state index >= 15 is 0 Å². The highest BCUT2D eigenvalue weighted by Gasteiger charge is 2.21. The summed E-state index contributed by atoms with van der Waals surface area (Å²) in [6.07, 6.45) is 3.33. The first kappa shape index (κ1) is 24.6. The first-order chi connectivity index (χ1) is 17.8. The van der Waals surface area contributed by atoms with Gasteiger partial charge in [0.05, 0.1) is 30.0 Å². The van der Waals surface area contributed by atoms with E-state index in [4.69, 9.17) is 4.74 Å². The zero-order chi connectivity index (χ0) is 26.0. The van der Waals surface area contributed by atoms with E-state index in [2.05, 4.69) is 36.9 Å². The second kappa shape index (κ2) is 10.1. The van der Waals surface area contributed by atoms with Crippen LogP contribution in [0.2, 0.25) is 0 Å². The third-order valence-corrected chi connectivity index (χ3v) is 7.29. The number of hydrogen-bond acceptors (Lipinski definition) is 8. The predicted molar refractivity (Wildman–Crippen MR) is 134 cm³/mol. The molecule has 10 nitrogen and oxygen atoms in total. The highest BCUT2D eigenvalue weighted by atomic mass is 32.2. The Morgan fingerprint density at radius 1 is 1.19 bits per heavy atom. The molecule has 4 heterocycles. The number of sulfonamides is 1. The Kier molecular flexibility index (Phi) is 6.75. The Hall–Kier alpha value is -4.05. The lowest BCUT2D eigenvalue weighted by Crippen LogP contribution is -2.39. The van der Waals surface area contributed by atoms with Crippen molar-refractivity contribution in [1.29, 1.82) is 0 Å². The first-order valence-corrected chi connectivity index (χ1v) is 12.9. The normalized spacial score (nSPS) is 17.7. The number of imidazole rings is 1. The van der Waals surface area contributed by atoms with Crippen LogP contribution in [0.5, 0.6) is 5.88 Å². The lowest BCUT2D eigenvalue weighted by molar-refractivity contribution is 0.109. The third kappa shape index (κ3) is 5.24. The van der Waals surface area contributed by atoms with Crippen LogP contribution in [-0.2, 0) is 10.0 Å². The highest BCUT2D eigenvalue weighted by molar-refractivity contribution is 7.92. The zero-order valence-corrected chi connectivity index (χ0v) is 20.5. The van der Waals surface area contributed by atoms with Gasteiger partial charge < -0.3 is 15.2 Å². The number of aliphatic hydroxyl groups excluding tert-OH is 1. The molecule has 190 valence electrons. The number of nitrogens with one attached hydrogen (secondary N) is 2. The molecule has 2 unspecified atom stereocenters. The molecule has 0 spiro atoms. The molecule has 2 atom stereocenters. The van der Waals surface area contributed by atoms with Crippen LogP contribution in [0.25, 0.3) is 16.9 Å². The molecule has 1 fully saturated rings. The van der Waals surface area contributed by atoms with Gasteiger partial charge in [0.1, 0.15) is 17.2 Å². The predicted octanol–water partition coefficient (Wildman–Crippen LogP) is 2.06. The highest BCUT2D eigenvalue weighted by Crippen LogP contribution is 2.29. The molecule has 37 heavy (non-hydrogen) atoms. The maximum atomic E-state index is 13.3. The number of hydrogen-bond donors (Lipinski definition) is 3. The molecule has 1 aliphatic heterocycles. The zero-order valence-electron chi connectivity index (χ0n) is 19.7. The number of pyridine rings is 1. The van der Waals surface area contributed by atoms with Crippen LogP contribution >= 0.6 is 0 Å². The second-order valence-corrected chi connectivity index (χ2v) is 10.1. The van der Waals surface area contributed by atoms with Gasteiger partial charge in [0.15, 0.2) is 5.65 Å². The molecule has 0 amide bonds. The Labute approximate surface area is 212 Å². The van der Waals surface area contributed by atoms with Crippen LogP contribution in [0.15, 0.2) is 59.8 Å². The van der Waals surface area contributed by atoms with E-state index in [1.54, 1.807) is 28.9 Å². The van der Waals surface area contributed by atoms with Crippen molar-refractivity contribution in [1.82, 2.24) is 24.9 Å². The van der Waals surface area contributed by atoms with Gasteiger partial charge in [0.2, 0.25) is 5.88 Å². The SMILES string of the molecule is COc1ncc(-c2ccc3ncc(C#CC4CCNCC4O)n3n2)cc1NS(=O)(=O)c1ccc(F)cc1. The van der Waals surface area contributed by atoms with E-state index in [-0.39, 0.29) is 22.4 Å². The standard InChI is InChI=1S/C25H23FN6O4S/c1-36-25-22(31-37(34,35)20-6-3-18(26)4-7-20)12-17(13-29-25)21-8-9-24-28-14-19(32(24)30-21)5-2-16-10-11-27-15-23(16)33/h3-4,6-9,12-14,16,23,27,31,33H,10-11,15H2,1H3. The third-order valence-electron chi connectivity index (χ3n) is 5.91. The first-order valence-electron chi connectivity index (χ1n) is 11.4. The van der Waals surface area contributed by atoms with Crippen molar-refractivity contribution in [2.45, 2.75) is 17.4 Å². The summed E-state index contributed by atoms with van der Waals surface area (Å²) in [5.41, 5.74) is 2.24. The van der Waals surface area contributed by atoms with E-state index in [0.29, 0.717) is 29.1 Å². The molecule has 1 aliphatic rings. The fourth-order valence-electron chi connectivity index (χ4n) is 3.94. The number of piperidine rings is 1. The molecule has 1 saturated heterocycles. The molecule has 4 aromatic rings. The van der Waals surface area contributed by atoms with E-state index in [1.165, 1.54) is 25.4 Å². The van der Waals surface area contributed by atoms with Gasteiger partial charge in [-0.1, -0.05) is 5.92 Å².